The van der Waals surface area contributed by atoms with E-state index >= 15 is 0 Å². The molecule has 3 nitrogen and oxygen atoms in total. The van der Waals surface area contributed by atoms with Crippen LogP contribution in [0.1, 0.15) is 18.9 Å². The van der Waals surface area contributed by atoms with Crippen LogP contribution in [0.3, 0.4) is 0 Å². The molecule has 1 N–H and O–H groups in total. The largest absolute Gasteiger partial charge is 0.465 e. The Morgan fingerprint density at radius 3 is 2.48 bits per heavy atom. The summed E-state index contributed by atoms with van der Waals surface area (Å²) in [6, 6.07) is 11.0. The van der Waals surface area contributed by atoms with Crippen LogP contribution in [0.25, 0.3) is 0 Å². The van der Waals surface area contributed by atoms with Gasteiger partial charge in [0.1, 0.15) is 5.92 Å². The summed E-state index contributed by atoms with van der Waals surface area (Å²) in [5.74, 6) is -0.908. The van der Waals surface area contributed by atoms with E-state index in [1.807, 2.05) is 42.5 Å². The molecule has 1 aromatic carbocycles. The van der Waals surface area contributed by atoms with Crippen LogP contribution in [0.15, 0.2) is 42.5 Å². The number of rotatable bonds is 9. The van der Waals surface area contributed by atoms with E-state index in [-0.39, 0.29) is 5.97 Å². The maximum atomic E-state index is 12.1. The van der Waals surface area contributed by atoms with Crippen LogP contribution in [-0.2, 0) is 16.0 Å². The molecule has 128 valence electrons. The Bertz CT molecular complexity index is 491. The molecular formula is C19H30O3Si. The quantitative estimate of drug-likeness (QED) is 0.421. The summed E-state index contributed by atoms with van der Waals surface area (Å²) in [4.78, 5) is 12.1. The lowest BCUT2D eigenvalue weighted by molar-refractivity contribution is -0.149. The molecular weight excluding hydrogens is 304 g/mol. The van der Waals surface area contributed by atoms with Crippen molar-refractivity contribution in [2.45, 2.75) is 51.6 Å². The number of hydrogen-bond acceptors (Lipinski definition) is 3. The Morgan fingerprint density at radius 2 is 1.91 bits per heavy atom. The SMILES string of the molecule is CCOC(=O)[C@H](/C=C\C[Si](C)(C)C)[C@H](O)CCc1ccccc1. The van der Waals surface area contributed by atoms with Crippen molar-refractivity contribution < 1.29 is 14.6 Å². The monoisotopic (exact) mass is 334 g/mol. The van der Waals surface area contributed by atoms with Gasteiger partial charge in [-0.15, -0.1) is 0 Å². The predicted octanol–water partition coefficient (Wildman–Crippen LogP) is 4.05. The zero-order valence-electron chi connectivity index (χ0n) is 14.8. The zero-order valence-corrected chi connectivity index (χ0v) is 15.8. The Morgan fingerprint density at radius 1 is 1.26 bits per heavy atom. The van der Waals surface area contributed by atoms with Crippen LogP contribution in [-0.4, -0.2) is 31.9 Å². The number of esters is 1. The summed E-state index contributed by atoms with van der Waals surface area (Å²) < 4.78 is 5.12. The number of aliphatic hydroxyl groups excluding tert-OH is 1. The molecule has 4 heteroatoms. The van der Waals surface area contributed by atoms with Gasteiger partial charge in [-0.2, -0.15) is 0 Å². The third-order valence-corrected chi connectivity index (χ3v) is 5.08. The van der Waals surface area contributed by atoms with Gasteiger partial charge in [-0.05, 0) is 31.4 Å². The van der Waals surface area contributed by atoms with E-state index in [1.165, 1.54) is 5.56 Å². The molecule has 1 rings (SSSR count). The number of carbonyl (C=O) groups excluding carboxylic acids is 1. The van der Waals surface area contributed by atoms with Crippen molar-refractivity contribution in [1.82, 2.24) is 0 Å². The minimum absolute atomic E-state index is 0.333. The average molecular weight is 335 g/mol. The second kappa shape index (κ2) is 9.68. The third kappa shape index (κ3) is 8.14. The maximum Gasteiger partial charge on any atom is 0.315 e. The van der Waals surface area contributed by atoms with Crippen molar-refractivity contribution in [3.63, 3.8) is 0 Å². The highest BCUT2D eigenvalue weighted by molar-refractivity contribution is 6.76. The summed E-state index contributed by atoms with van der Waals surface area (Å²) in [7, 11) is -1.20. The molecule has 0 unspecified atom stereocenters. The Balaban J connectivity index is 2.68. The van der Waals surface area contributed by atoms with E-state index in [2.05, 4.69) is 19.6 Å². The van der Waals surface area contributed by atoms with Gasteiger partial charge >= 0.3 is 5.97 Å². The molecule has 2 atom stereocenters. The normalized spacial score (nSPS) is 14.7. The minimum atomic E-state index is -1.20. The lowest BCUT2D eigenvalue weighted by Crippen LogP contribution is -2.29. The molecule has 1 aromatic rings. The zero-order chi connectivity index (χ0) is 17.3. The van der Waals surface area contributed by atoms with Crippen LogP contribution in [0.4, 0.5) is 0 Å². The van der Waals surface area contributed by atoms with Crippen molar-refractivity contribution in [2.75, 3.05) is 6.61 Å². The van der Waals surface area contributed by atoms with Crippen molar-refractivity contribution in [1.29, 1.82) is 0 Å². The molecule has 0 aliphatic heterocycles. The van der Waals surface area contributed by atoms with E-state index in [9.17, 15) is 9.90 Å². The first-order chi connectivity index (χ1) is 10.8. The average Bonchev–Trinajstić information content (AvgIpc) is 2.49. The van der Waals surface area contributed by atoms with Crippen molar-refractivity contribution >= 4 is 14.0 Å². The van der Waals surface area contributed by atoms with E-state index < -0.39 is 20.1 Å². The van der Waals surface area contributed by atoms with Crippen molar-refractivity contribution in [2.24, 2.45) is 5.92 Å². The summed E-state index contributed by atoms with van der Waals surface area (Å²) in [5.41, 5.74) is 1.17. The van der Waals surface area contributed by atoms with Gasteiger partial charge < -0.3 is 9.84 Å². The van der Waals surface area contributed by atoms with Gasteiger partial charge in [0.15, 0.2) is 0 Å². The molecule has 0 heterocycles. The number of allylic oxidation sites excluding steroid dienone is 1. The van der Waals surface area contributed by atoms with Gasteiger partial charge in [0.25, 0.3) is 0 Å². The number of hydrogen-bond donors (Lipinski definition) is 1. The second-order valence-electron chi connectivity index (χ2n) is 7.06. The molecule has 0 saturated heterocycles. The predicted molar refractivity (Wildman–Crippen MR) is 98.2 cm³/mol. The summed E-state index contributed by atoms with van der Waals surface area (Å²) in [5, 5.41) is 10.5. The number of ether oxygens (including phenoxy) is 1. The first-order valence-electron chi connectivity index (χ1n) is 8.39. The molecule has 0 spiro atoms. The van der Waals surface area contributed by atoms with Gasteiger partial charge in [-0.1, -0.05) is 62.1 Å². The molecule has 0 aromatic heterocycles. The fourth-order valence-electron chi connectivity index (χ4n) is 2.31. The summed E-state index contributed by atoms with van der Waals surface area (Å²) in [6.45, 7) is 8.97. The van der Waals surface area contributed by atoms with Crippen molar-refractivity contribution in [3.8, 4) is 0 Å². The third-order valence-electron chi connectivity index (χ3n) is 3.62. The minimum Gasteiger partial charge on any atom is -0.465 e. The highest BCUT2D eigenvalue weighted by Gasteiger charge is 2.25. The van der Waals surface area contributed by atoms with Crippen LogP contribution in [0.5, 0.6) is 0 Å². The van der Waals surface area contributed by atoms with Crippen LogP contribution >= 0.6 is 0 Å². The Hall–Kier alpha value is -1.39. The Kier molecular flexibility index (Phi) is 8.27. The van der Waals surface area contributed by atoms with Gasteiger partial charge in [0.05, 0.1) is 12.7 Å². The molecule has 0 fully saturated rings. The van der Waals surface area contributed by atoms with Crippen LogP contribution < -0.4 is 0 Å². The first-order valence-corrected chi connectivity index (χ1v) is 12.1. The van der Waals surface area contributed by atoms with E-state index in [0.29, 0.717) is 13.0 Å². The standard InChI is InChI=1S/C19H30O3Si/c1-5-22-19(21)17(12-9-15-23(2,3)4)18(20)14-13-16-10-7-6-8-11-16/h6-12,17-18,20H,5,13-15H2,1-4H3/b12-9-/t17-,18-/m1/s1. The van der Waals surface area contributed by atoms with Crippen molar-refractivity contribution in [3.05, 3.63) is 48.0 Å². The lowest BCUT2D eigenvalue weighted by atomic mass is 9.96. The first kappa shape index (κ1) is 19.7. The molecule has 0 saturated carbocycles. The molecule has 0 amide bonds. The molecule has 23 heavy (non-hydrogen) atoms. The van der Waals surface area contributed by atoms with Crippen LogP contribution in [0, 0.1) is 5.92 Å². The van der Waals surface area contributed by atoms with Gasteiger partial charge in [-0.25, -0.2) is 0 Å². The second-order valence-corrected chi connectivity index (χ2v) is 12.6. The number of aliphatic hydroxyl groups is 1. The molecule has 0 aliphatic rings. The van der Waals surface area contributed by atoms with E-state index in [1.54, 1.807) is 6.92 Å². The topological polar surface area (TPSA) is 46.5 Å². The molecule has 0 radical (unpaired) electrons. The van der Waals surface area contributed by atoms with E-state index in [0.717, 1.165) is 12.5 Å². The van der Waals surface area contributed by atoms with Gasteiger partial charge in [0, 0.05) is 8.07 Å². The number of carbonyl (C=O) groups is 1. The fraction of sp³-hybridized carbons (Fsp3) is 0.526. The lowest BCUT2D eigenvalue weighted by Gasteiger charge is -2.19. The fourth-order valence-corrected chi connectivity index (χ4v) is 3.15. The molecule has 0 aliphatic carbocycles. The smallest absolute Gasteiger partial charge is 0.315 e. The van der Waals surface area contributed by atoms with Crippen LogP contribution in [0.2, 0.25) is 25.7 Å². The Labute approximate surface area is 141 Å². The maximum absolute atomic E-state index is 12.1. The summed E-state index contributed by atoms with van der Waals surface area (Å²) >= 11 is 0. The number of benzene rings is 1. The number of aryl methyl sites for hydroxylation is 1. The summed E-state index contributed by atoms with van der Waals surface area (Å²) in [6.07, 6.45) is 4.46. The highest BCUT2D eigenvalue weighted by atomic mass is 28.3. The highest BCUT2D eigenvalue weighted by Crippen LogP contribution is 2.17. The molecule has 0 bridgehead atoms. The van der Waals surface area contributed by atoms with Gasteiger partial charge in [-0.3, -0.25) is 4.79 Å². The van der Waals surface area contributed by atoms with Gasteiger partial charge in [0.2, 0.25) is 0 Å². The van der Waals surface area contributed by atoms with E-state index in [4.69, 9.17) is 4.74 Å².